The molecule has 4 heterocycles. The van der Waals surface area contributed by atoms with Crippen molar-refractivity contribution in [2.24, 2.45) is 4.99 Å². The molecule has 0 radical (unpaired) electrons. The van der Waals surface area contributed by atoms with Gasteiger partial charge in [0, 0.05) is 33.9 Å². The molecule has 5 aromatic rings. The number of fused-ring (bicyclic) bond motifs is 4. The fourth-order valence-corrected chi connectivity index (χ4v) is 7.44. The van der Waals surface area contributed by atoms with E-state index in [0.717, 1.165) is 68.7 Å². The van der Waals surface area contributed by atoms with E-state index in [9.17, 15) is 9.59 Å². The summed E-state index contributed by atoms with van der Waals surface area (Å²) in [4.78, 5) is 33.4. The molecule has 1 atom stereocenters. The number of aromatic nitrogens is 3. The van der Waals surface area contributed by atoms with Crippen LogP contribution in [0.3, 0.4) is 0 Å². The maximum Gasteiger partial charge on any atom is 0.344 e. The molecule has 0 bridgehead atoms. The molecule has 0 saturated heterocycles. The van der Waals surface area contributed by atoms with Crippen molar-refractivity contribution in [2.75, 3.05) is 25.2 Å². The molecule has 3 aromatic carbocycles. The van der Waals surface area contributed by atoms with Gasteiger partial charge in [-0.2, -0.15) is 0 Å². The number of carbonyl (C=O) groups excluding carboxylic acids is 2. The van der Waals surface area contributed by atoms with E-state index in [1.807, 2.05) is 60.0 Å². The minimum Gasteiger partial charge on any atom is -0.482 e. The Morgan fingerprint density at radius 3 is 2.52 bits per heavy atom. The smallest absolute Gasteiger partial charge is 0.344 e. The van der Waals surface area contributed by atoms with Crippen LogP contribution in [0.25, 0.3) is 5.00 Å². The second-order valence-corrected chi connectivity index (χ2v) is 13.1. The monoisotopic (exact) mass is 661 g/mol. The summed E-state index contributed by atoms with van der Waals surface area (Å²) in [5.74, 6) is 1.25. The van der Waals surface area contributed by atoms with Crippen LogP contribution in [0.1, 0.15) is 56.8 Å². The summed E-state index contributed by atoms with van der Waals surface area (Å²) in [6.45, 7) is 7.03. The fourth-order valence-electron chi connectivity index (χ4n) is 6.22. The maximum absolute atomic E-state index is 12.5. The van der Waals surface area contributed by atoms with Crippen LogP contribution in [0, 0.1) is 20.8 Å². The first-order valence-electron chi connectivity index (χ1n) is 15.8. The van der Waals surface area contributed by atoms with Crippen molar-refractivity contribution in [3.8, 4) is 10.8 Å². The normalized spacial score (nSPS) is 14.8. The molecule has 10 nitrogen and oxygen atoms in total. The molecule has 7 rings (SSSR count). The second kappa shape index (κ2) is 13.1. The molecule has 48 heavy (non-hydrogen) atoms. The van der Waals surface area contributed by atoms with E-state index < -0.39 is 12.0 Å². The van der Waals surface area contributed by atoms with E-state index >= 15 is 0 Å². The van der Waals surface area contributed by atoms with Gasteiger partial charge in [-0.1, -0.05) is 42.5 Å². The largest absolute Gasteiger partial charge is 0.482 e. The summed E-state index contributed by atoms with van der Waals surface area (Å²) in [6, 6.07) is 23.4. The van der Waals surface area contributed by atoms with E-state index in [2.05, 4.69) is 53.2 Å². The van der Waals surface area contributed by atoms with Gasteiger partial charge in [-0.3, -0.25) is 14.4 Å². The molecule has 0 spiro atoms. The average molecular weight is 662 g/mol. The topological polar surface area (TPSA) is 108 Å². The Morgan fingerprint density at radius 2 is 1.75 bits per heavy atom. The van der Waals surface area contributed by atoms with Crippen molar-refractivity contribution in [3.63, 3.8) is 0 Å². The number of aryl methyl sites for hydroxylation is 2. The van der Waals surface area contributed by atoms with Gasteiger partial charge in [-0.25, -0.2) is 4.79 Å². The number of aliphatic imine (C=N–C) groups is 1. The van der Waals surface area contributed by atoms with Crippen LogP contribution in [0.4, 0.5) is 11.4 Å². The molecule has 0 fully saturated rings. The third kappa shape index (κ3) is 5.97. The summed E-state index contributed by atoms with van der Waals surface area (Å²) >= 11 is 1.68. The number of carbonyl (C=O) groups is 2. The molecule has 0 aliphatic carbocycles. The van der Waals surface area contributed by atoms with Crippen molar-refractivity contribution in [3.05, 3.63) is 117 Å². The number of benzene rings is 3. The number of hydrogen-bond donors (Lipinski definition) is 0. The Morgan fingerprint density at radius 1 is 0.958 bits per heavy atom. The van der Waals surface area contributed by atoms with Gasteiger partial charge in [0.1, 0.15) is 29.2 Å². The minimum atomic E-state index is -0.541. The first-order chi connectivity index (χ1) is 23.3. The van der Waals surface area contributed by atoms with Crippen LogP contribution in [0.15, 0.2) is 77.8 Å². The zero-order valence-corrected chi connectivity index (χ0v) is 28.0. The third-order valence-electron chi connectivity index (χ3n) is 8.83. The number of ether oxygens (including phenoxy) is 3. The van der Waals surface area contributed by atoms with Crippen molar-refractivity contribution < 1.29 is 23.8 Å². The predicted octanol–water partition coefficient (Wildman–Crippen LogP) is 6.53. The lowest BCUT2D eigenvalue weighted by Gasteiger charge is -2.20. The molecular weight excluding hydrogens is 627 g/mol. The summed E-state index contributed by atoms with van der Waals surface area (Å²) in [6.07, 6.45) is 0.915. The van der Waals surface area contributed by atoms with E-state index in [1.54, 1.807) is 11.3 Å². The number of methoxy groups -OCH3 is 1. The van der Waals surface area contributed by atoms with Gasteiger partial charge in [-0.15, -0.1) is 21.5 Å². The van der Waals surface area contributed by atoms with E-state index in [4.69, 9.17) is 19.2 Å². The van der Waals surface area contributed by atoms with Crippen molar-refractivity contribution in [1.29, 1.82) is 0 Å². The summed E-state index contributed by atoms with van der Waals surface area (Å²) in [5, 5.41) is 9.80. The Bertz CT molecular complexity index is 2030. The lowest BCUT2D eigenvalue weighted by molar-refractivity contribution is -0.147. The standard InChI is InChI=1S/C37H35N5O5S/c1-22-23(2)48-37-34(22)35(38-30(19-32(43)45-4)36-40-39-24(3)42(36)37)26-10-12-28(13-11-26)41-17-16-27-18-29(14-15-31(27)41)46-21-33(44)47-20-25-8-6-5-7-9-25/h5-15,18,30H,16-17,19-21H2,1-4H3/t30-/m0/s1. The number of rotatable bonds is 9. The van der Waals surface area contributed by atoms with Crippen molar-refractivity contribution in [1.82, 2.24) is 14.8 Å². The summed E-state index contributed by atoms with van der Waals surface area (Å²) < 4.78 is 18.2. The molecule has 0 unspecified atom stereocenters. The van der Waals surface area contributed by atoms with Crippen LogP contribution < -0.4 is 9.64 Å². The fraction of sp³-hybridized carbons (Fsp3) is 0.270. The number of nitrogens with zero attached hydrogens (tertiary/aromatic N) is 5. The van der Waals surface area contributed by atoms with Gasteiger partial charge in [-0.05, 0) is 74.2 Å². The molecule has 2 aromatic heterocycles. The highest BCUT2D eigenvalue weighted by Crippen LogP contribution is 2.41. The number of hydrogen-bond acceptors (Lipinski definition) is 10. The Kier molecular flexibility index (Phi) is 8.53. The van der Waals surface area contributed by atoms with Gasteiger partial charge in [0.15, 0.2) is 12.4 Å². The van der Waals surface area contributed by atoms with Crippen molar-refractivity contribution >= 4 is 40.4 Å². The molecule has 11 heteroatoms. The van der Waals surface area contributed by atoms with Crippen LogP contribution in [0.2, 0.25) is 0 Å². The zero-order chi connectivity index (χ0) is 33.4. The highest BCUT2D eigenvalue weighted by atomic mass is 32.1. The first-order valence-corrected chi connectivity index (χ1v) is 16.6. The summed E-state index contributed by atoms with van der Waals surface area (Å²) in [7, 11) is 1.39. The molecule has 0 amide bonds. The molecule has 2 aliphatic rings. The van der Waals surface area contributed by atoms with Gasteiger partial charge in [0.25, 0.3) is 0 Å². The lowest BCUT2D eigenvalue weighted by atomic mass is 9.99. The zero-order valence-electron chi connectivity index (χ0n) is 27.2. The lowest BCUT2D eigenvalue weighted by Crippen LogP contribution is -2.15. The summed E-state index contributed by atoms with van der Waals surface area (Å²) in [5.41, 5.74) is 8.20. The average Bonchev–Trinajstić information content (AvgIpc) is 3.76. The molecule has 2 aliphatic heterocycles. The van der Waals surface area contributed by atoms with Gasteiger partial charge < -0.3 is 19.1 Å². The quantitative estimate of drug-likeness (QED) is 0.164. The Hall–Kier alpha value is -5.29. The highest BCUT2D eigenvalue weighted by molar-refractivity contribution is 7.15. The third-order valence-corrected chi connectivity index (χ3v) is 10.0. The molecule has 0 saturated carbocycles. The van der Waals surface area contributed by atoms with E-state index in [0.29, 0.717) is 11.6 Å². The Labute approximate surface area is 282 Å². The first kappa shape index (κ1) is 31.3. The van der Waals surface area contributed by atoms with Gasteiger partial charge in [0.2, 0.25) is 0 Å². The molecule has 0 N–H and O–H groups in total. The van der Waals surface area contributed by atoms with E-state index in [1.165, 1.54) is 12.0 Å². The van der Waals surface area contributed by atoms with Crippen LogP contribution in [-0.4, -0.2) is 52.7 Å². The van der Waals surface area contributed by atoms with Crippen molar-refractivity contribution in [2.45, 2.75) is 46.3 Å². The van der Waals surface area contributed by atoms with Gasteiger partial charge >= 0.3 is 11.9 Å². The van der Waals surface area contributed by atoms with Crippen LogP contribution >= 0.6 is 11.3 Å². The Balaban J connectivity index is 1.11. The minimum absolute atomic E-state index is 0.0638. The second-order valence-electron chi connectivity index (χ2n) is 11.9. The van der Waals surface area contributed by atoms with Crippen LogP contribution in [-0.2, 0) is 32.1 Å². The SMILES string of the molecule is COC(=O)C[C@@H]1N=C(c2ccc(N3CCc4cc(OCC(=O)OCc5ccccc5)ccc43)cc2)c2c(sc(C)c2C)-n2c(C)nnc21. The maximum atomic E-state index is 12.5. The molecular formula is C37H35N5O5S. The van der Waals surface area contributed by atoms with Gasteiger partial charge in [0.05, 0.1) is 19.2 Å². The predicted molar refractivity (Wildman–Crippen MR) is 184 cm³/mol. The molecule has 244 valence electrons. The van der Waals surface area contributed by atoms with E-state index in [-0.39, 0.29) is 25.6 Å². The van der Waals surface area contributed by atoms with Crippen LogP contribution in [0.5, 0.6) is 5.75 Å². The highest BCUT2D eigenvalue weighted by Gasteiger charge is 2.33. The number of esters is 2. The number of thiophene rings is 1. The number of anilines is 2.